The number of hydrogen-bond acceptors (Lipinski definition) is 5. The SMILES string of the molecule is CCc1nc(C)c(CC(=O)NCCc2nc3ccccc3s2)c(=O)[nH]1. The number of rotatable bonds is 6. The van der Waals surface area contributed by atoms with Gasteiger partial charge in [-0.05, 0) is 19.1 Å². The van der Waals surface area contributed by atoms with Crippen molar-refractivity contribution >= 4 is 27.5 Å². The molecule has 6 nitrogen and oxygen atoms in total. The number of aromatic nitrogens is 3. The van der Waals surface area contributed by atoms with Gasteiger partial charge in [-0.15, -0.1) is 11.3 Å². The van der Waals surface area contributed by atoms with E-state index in [0.29, 0.717) is 36.5 Å². The average molecular weight is 356 g/mol. The first-order valence-corrected chi connectivity index (χ1v) is 9.08. The summed E-state index contributed by atoms with van der Waals surface area (Å²) in [5.41, 5.74) is 1.79. The first-order chi connectivity index (χ1) is 12.1. The fourth-order valence-electron chi connectivity index (χ4n) is 2.60. The molecule has 0 spiro atoms. The molecule has 2 heterocycles. The maximum absolute atomic E-state index is 12.1. The summed E-state index contributed by atoms with van der Waals surface area (Å²) in [6.45, 7) is 4.18. The lowest BCUT2D eigenvalue weighted by Crippen LogP contribution is -2.30. The summed E-state index contributed by atoms with van der Waals surface area (Å²) < 4.78 is 1.15. The Morgan fingerprint density at radius 2 is 2.08 bits per heavy atom. The summed E-state index contributed by atoms with van der Waals surface area (Å²) in [4.78, 5) is 35.8. The van der Waals surface area contributed by atoms with E-state index in [4.69, 9.17) is 0 Å². The van der Waals surface area contributed by atoms with Crippen LogP contribution in [0.4, 0.5) is 0 Å². The quantitative estimate of drug-likeness (QED) is 0.708. The molecule has 0 saturated heterocycles. The standard InChI is InChI=1S/C18H20N4O2S/c1-3-15-20-11(2)12(18(24)22-15)10-16(23)19-9-8-17-21-13-6-4-5-7-14(13)25-17/h4-7H,3,8-10H2,1-2H3,(H,19,23)(H,20,22,24). The normalized spacial score (nSPS) is 11.0. The van der Waals surface area contributed by atoms with Gasteiger partial charge >= 0.3 is 0 Å². The number of nitrogens with one attached hydrogen (secondary N) is 2. The Morgan fingerprint density at radius 3 is 2.80 bits per heavy atom. The van der Waals surface area contributed by atoms with Gasteiger partial charge in [0.1, 0.15) is 5.82 Å². The number of H-pyrrole nitrogens is 1. The molecule has 1 amide bonds. The van der Waals surface area contributed by atoms with Crippen molar-refractivity contribution in [3.63, 3.8) is 0 Å². The van der Waals surface area contributed by atoms with E-state index in [-0.39, 0.29) is 17.9 Å². The molecule has 25 heavy (non-hydrogen) atoms. The zero-order valence-electron chi connectivity index (χ0n) is 14.3. The Kier molecular flexibility index (Phi) is 5.23. The number of aryl methyl sites for hydroxylation is 2. The first kappa shape index (κ1) is 17.3. The molecular weight excluding hydrogens is 336 g/mol. The molecule has 0 unspecified atom stereocenters. The highest BCUT2D eigenvalue weighted by Gasteiger charge is 2.12. The van der Waals surface area contributed by atoms with Crippen LogP contribution in [0.3, 0.4) is 0 Å². The van der Waals surface area contributed by atoms with Gasteiger partial charge in [0, 0.05) is 30.6 Å². The van der Waals surface area contributed by atoms with Crippen LogP contribution in [0.25, 0.3) is 10.2 Å². The molecule has 1 aromatic carbocycles. The van der Waals surface area contributed by atoms with Crippen LogP contribution in [0.15, 0.2) is 29.1 Å². The lowest BCUT2D eigenvalue weighted by molar-refractivity contribution is -0.120. The largest absolute Gasteiger partial charge is 0.355 e. The van der Waals surface area contributed by atoms with Crippen molar-refractivity contribution in [3.05, 3.63) is 56.7 Å². The van der Waals surface area contributed by atoms with Gasteiger partial charge in [-0.3, -0.25) is 9.59 Å². The second-order valence-electron chi connectivity index (χ2n) is 5.78. The molecule has 3 aromatic rings. The molecule has 0 aliphatic carbocycles. The van der Waals surface area contributed by atoms with E-state index in [1.807, 2.05) is 31.2 Å². The van der Waals surface area contributed by atoms with Crippen LogP contribution < -0.4 is 10.9 Å². The van der Waals surface area contributed by atoms with E-state index in [9.17, 15) is 9.59 Å². The Balaban J connectivity index is 1.57. The number of benzene rings is 1. The molecule has 0 saturated carbocycles. The van der Waals surface area contributed by atoms with Crippen molar-refractivity contribution in [2.45, 2.75) is 33.1 Å². The molecule has 3 rings (SSSR count). The summed E-state index contributed by atoms with van der Waals surface area (Å²) in [7, 11) is 0. The zero-order valence-corrected chi connectivity index (χ0v) is 15.1. The number of nitrogens with zero attached hydrogens (tertiary/aromatic N) is 2. The summed E-state index contributed by atoms with van der Waals surface area (Å²) in [5.74, 6) is 0.461. The monoisotopic (exact) mass is 356 g/mol. The highest BCUT2D eigenvalue weighted by Crippen LogP contribution is 2.21. The number of hydrogen-bond donors (Lipinski definition) is 2. The molecule has 2 N–H and O–H groups in total. The van der Waals surface area contributed by atoms with Crippen molar-refractivity contribution in [2.24, 2.45) is 0 Å². The van der Waals surface area contributed by atoms with Gasteiger partial charge in [-0.25, -0.2) is 9.97 Å². The zero-order chi connectivity index (χ0) is 17.8. The highest BCUT2D eigenvalue weighted by atomic mass is 32.1. The fourth-order valence-corrected chi connectivity index (χ4v) is 3.57. The molecule has 0 atom stereocenters. The molecule has 0 aliphatic rings. The van der Waals surface area contributed by atoms with Gasteiger partial charge in [-0.2, -0.15) is 0 Å². The van der Waals surface area contributed by atoms with Crippen molar-refractivity contribution in [1.82, 2.24) is 20.3 Å². The van der Waals surface area contributed by atoms with Gasteiger partial charge in [0.2, 0.25) is 5.91 Å². The van der Waals surface area contributed by atoms with Crippen LogP contribution in [0.2, 0.25) is 0 Å². The van der Waals surface area contributed by atoms with Crippen LogP contribution in [0.5, 0.6) is 0 Å². The van der Waals surface area contributed by atoms with E-state index in [1.54, 1.807) is 18.3 Å². The Labute approximate surface area is 149 Å². The average Bonchev–Trinajstić information content (AvgIpc) is 3.00. The Hall–Kier alpha value is -2.54. The molecule has 2 aromatic heterocycles. The maximum atomic E-state index is 12.1. The summed E-state index contributed by atoms with van der Waals surface area (Å²) in [6.07, 6.45) is 1.37. The molecule has 0 bridgehead atoms. The topological polar surface area (TPSA) is 87.7 Å². The number of thiazole rings is 1. The van der Waals surface area contributed by atoms with Gasteiger partial charge in [0.15, 0.2) is 0 Å². The predicted molar refractivity (Wildman–Crippen MR) is 99.0 cm³/mol. The second-order valence-corrected chi connectivity index (χ2v) is 6.90. The summed E-state index contributed by atoms with van der Waals surface area (Å²) in [6, 6.07) is 7.97. The first-order valence-electron chi connectivity index (χ1n) is 8.26. The third-order valence-corrected chi connectivity index (χ3v) is 5.04. The van der Waals surface area contributed by atoms with Crippen LogP contribution >= 0.6 is 11.3 Å². The highest BCUT2D eigenvalue weighted by molar-refractivity contribution is 7.18. The van der Waals surface area contributed by atoms with Gasteiger partial charge in [0.05, 0.1) is 21.6 Å². The molecule has 0 aliphatic heterocycles. The van der Waals surface area contributed by atoms with Gasteiger partial charge < -0.3 is 10.3 Å². The minimum absolute atomic E-state index is 0.0397. The molecular formula is C18H20N4O2S. The fraction of sp³-hybridized carbons (Fsp3) is 0.333. The van der Waals surface area contributed by atoms with Crippen molar-refractivity contribution in [3.8, 4) is 0 Å². The predicted octanol–water partition coefficient (Wildman–Crippen LogP) is 2.15. The lowest BCUT2D eigenvalue weighted by atomic mass is 10.1. The third-order valence-electron chi connectivity index (χ3n) is 3.94. The molecule has 0 fully saturated rings. The Morgan fingerprint density at radius 1 is 1.28 bits per heavy atom. The Bertz CT molecular complexity index is 928. The van der Waals surface area contributed by atoms with Crippen LogP contribution in [0.1, 0.15) is 29.0 Å². The van der Waals surface area contributed by atoms with E-state index < -0.39 is 0 Å². The van der Waals surface area contributed by atoms with E-state index >= 15 is 0 Å². The van der Waals surface area contributed by atoms with E-state index in [0.717, 1.165) is 15.2 Å². The lowest BCUT2D eigenvalue weighted by Gasteiger charge is -2.07. The molecule has 0 radical (unpaired) electrons. The number of para-hydroxylation sites is 1. The van der Waals surface area contributed by atoms with Crippen LogP contribution in [-0.2, 0) is 24.1 Å². The number of carbonyl (C=O) groups is 1. The smallest absolute Gasteiger partial charge is 0.254 e. The number of aromatic amines is 1. The van der Waals surface area contributed by atoms with Crippen LogP contribution in [-0.4, -0.2) is 27.4 Å². The molecule has 7 heteroatoms. The minimum atomic E-state index is -0.231. The van der Waals surface area contributed by atoms with Crippen LogP contribution in [0, 0.1) is 6.92 Å². The number of amides is 1. The van der Waals surface area contributed by atoms with Crippen molar-refractivity contribution in [1.29, 1.82) is 0 Å². The number of carbonyl (C=O) groups excluding carboxylic acids is 1. The summed E-state index contributed by atoms with van der Waals surface area (Å²) in [5, 5.41) is 3.84. The second kappa shape index (κ2) is 7.57. The van der Waals surface area contributed by atoms with Crippen molar-refractivity contribution in [2.75, 3.05) is 6.54 Å². The molecule has 130 valence electrons. The van der Waals surface area contributed by atoms with E-state index in [1.165, 1.54) is 0 Å². The summed E-state index contributed by atoms with van der Waals surface area (Å²) >= 11 is 1.63. The van der Waals surface area contributed by atoms with Crippen molar-refractivity contribution < 1.29 is 4.79 Å². The van der Waals surface area contributed by atoms with Gasteiger partial charge in [0.25, 0.3) is 5.56 Å². The maximum Gasteiger partial charge on any atom is 0.254 e. The third kappa shape index (κ3) is 4.11. The van der Waals surface area contributed by atoms with Gasteiger partial charge in [-0.1, -0.05) is 19.1 Å². The minimum Gasteiger partial charge on any atom is -0.355 e. The van der Waals surface area contributed by atoms with E-state index in [2.05, 4.69) is 20.3 Å². The number of fused-ring (bicyclic) bond motifs is 1.